The Balaban J connectivity index is 1.75. The summed E-state index contributed by atoms with van der Waals surface area (Å²) in [6.45, 7) is 5.97. The van der Waals surface area contributed by atoms with E-state index in [9.17, 15) is 18.0 Å². The number of carbonyl (C=O) groups excluding carboxylic acids is 1. The highest BCUT2D eigenvalue weighted by atomic mass is 19.4. The molecule has 0 saturated carbocycles. The van der Waals surface area contributed by atoms with Crippen molar-refractivity contribution in [2.45, 2.75) is 45.5 Å². The molecule has 1 amide bonds. The first-order chi connectivity index (χ1) is 15.6. The minimum atomic E-state index is -4.40. The van der Waals surface area contributed by atoms with Crippen LogP contribution in [0.15, 0.2) is 49.1 Å². The first-order valence-corrected chi connectivity index (χ1v) is 10.7. The van der Waals surface area contributed by atoms with Crippen molar-refractivity contribution in [2.24, 2.45) is 0 Å². The summed E-state index contributed by atoms with van der Waals surface area (Å²) in [7, 11) is 1.71. The maximum absolute atomic E-state index is 13.0. The van der Waals surface area contributed by atoms with E-state index in [-0.39, 0.29) is 18.0 Å². The molecule has 0 saturated heterocycles. The number of amides is 1. The van der Waals surface area contributed by atoms with Crippen LogP contribution < -0.4 is 20.0 Å². The number of hydrogen-bond donors (Lipinski definition) is 1. The van der Waals surface area contributed by atoms with Gasteiger partial charge >= 0.3 is 6.18 Å². The monoisotopic (exact) mass is 458 g/mol. The number of carbonyl (C=O) groups is 1. The van der Waals surface area contributed by atoms with Crippen LogP contribution in [0.1, 0.15) is 38.3 Å². The summed E-state index contributed by atoms with van der Waals surface area (Å²) >= 11 is 0. The number of anilines is 3. The summed E-state index contributed by atoms with van der Waals surface area (Å²) in [6.07, 6.45) is 2.90. The van der Waals surface area contributed by atoms with E-state index in [1.165, 1.54) is 12.1 Å². The van der Waals surface area contributed by atoms with E-state index in [0.29, 0.717) is 35.1 Å². The zero-order chi connectivity index (χ0) is 23.9. The highest BCUT2D eigenvalue weighted by molar-refractivity contribution is 6.04. The average Bonchev–Trinajstić information content (AvgIpc) is 2.80. The number of nitrogens with zero attached hydrogens (tertiary/aromatic N) is 5. The Bertz CT molecular complexity index is 1110. The van der Waals surface area contributed by atoms with E-state index in [0.717, 1.165) is 12.1 Å². The number of alkyl halides is 3. The van der Waals surface area contributed by atoms with Crippen molar-refractivity contribution in [2.75, 3.05) is 21.7 Å². The fourth-order valence-corrected chi connectivity index (χ4v) is 4.11. The lowest BCUT2D eigenvalue weighted by atomic mass is 10.1. The van der Waals surface area contributed by atoms with Gasteiger partial charge in [0.2, 0.25) is 11.9 Å². The number of aromatic nitrogens is 2. The van der Waals surface area contributed by atoms with Crippen molar-refractivity contribution in [1.29, 1.82) is 0 Å². The van der Waals surface area contributed by atoms with Crippen molar-refractivity contribution in [3.63, 3.8) is 0 Å². The average molecular weight is 458 g/mol. The first-order valence-electron chi connectivity index (χ1n) is 10.7. The molecule has 0 spiro atoms. The second kappa shape index (κ2) is 8.42. The van der Waals surface area contributed by atoms with Gasteiger partial charge < -0.3 is 15.1 Å². The molecule has 33 heavy (non-hydrogen) atoms. The Labute approximate surface area is 190 Å². The van der Waals surface area contributed by atoms with Crippen molar-refractivity contribution in [1.82, 2.24) is 15.3 Å². The third-order valence-electron chi connectivity index (χ3n) is 5.76. The van der Waals surface area contributed by atoms with E-state index in [1.54, 1.807) is 41.6 Å². The van der Waals surface area contributed by atoms with Crippen molar-refractivity contribution in [3.8, 4) is 0 Å². The van der Waals surface area contributed by atoms with Gasteiger partial charge in [0.25, 0.3) is 0 Å². The highest BCUT2D eigenvalue weighted by Gasteiger charge is 2.38. The predicted octanol–water partition coefficient (Wildman–Crippen LogP) is 4.34. The van der Waals surface area contributed by atoms with Gasteiger partial charge in [0.1, 0.15) is 11.7 Å². The Morgan fingerprint density at radius 1 is 1.18 bits per heavy atom. The van der Waals surface area contributed by atoms with Crippen molar-refractivity contribution in [3.05, 3.63) is 60.2 Å². The molecule has 174 valence electrons. The minimum Gasteiger partial charge on any atom is -0.365 e. The first kappa shape index (κ1) is 22.6. The molecular weight excluding hydrogens is 433 g/mol. The molecule has 4 rings (SSSR count). The maximum Gasteiger partial charge on any atom is 0.416 e. The van der Waals surface area contributed by atoms with E-state index in [2.05, 4.69) is 10.3 Å². The largest absolute Gasteiger partial charge is 0.416 e. The standard InChI is InChI=1S/C23H25F3N6O/c1-5-17-21(33)30(4)19-13-28-22(29-20(19)32(17)14(2)3)31-11-10-27-12-18(31)15-6-8-16(9-7-15)23(24,25)26/h6-14,17,27H,5H2,1-4H3/t17-/m1/s1. The molecule has 0 aliphatic carbocycles. The number of nitrogens with one attached hydrogen (secondary N) is 1. The van der Waals surface area contributed by atoms with Crippen molar-refractivity contribution < 1.29 is 18.0 Å². The van der Waals surface area contributed by atoms with Gasteiger partial charge in [0.05, 0.1) is 17.5 Å². The normalized spacial score (nSPS) is 18.4. The minimum absolute atomic E-state index is 0.0116. The molecule has 7 nitrogen and oxygen atoms in total. The number of fused-ring (bicyclic) bond motifs is 1. The van der Waals surface area contributed by atoms with E-state index < -0.39 is 11.7 Å². The van der Waals surface area contributed by atoms with E-state index >= 15 is 0 Å². The quantitative estimate of drug-likeness (QED) is 0.735. The lowest BCUT2D eigenvalue weighted by Crippen LogP contribution is -2.55. The summed E-state index contributed by atoms with van der Waals surface area (Å²) < 4.78 is 39.0. The predicted molar refractivity (Wildman–Crippen MR) is 121 cm³/mol. The molecule has 0 bridgehead atoms. The number of rotatable bonds is 4. The number of hydrogen-bond acceptors (Lipinski definition) is 6. The molecule has 0 fully saturated rings. The van der Waals surface area contributed by atoms with Gasteiger partial charge in [-0.3, -0.25) is 9.69 Å². The van der Waals surface area contributed by atoms with Crippen LogP contribution in [-0.2, 0) is 11.0 Å². The van der Waals surface area contributed by atoms with Gasteiger partial charge in [-0.1, -0.05) is 19.1 Å². The number of benzene rings is 1. The van der Waals surface area contributed by atoms with Gasteiger partial charge in [-0.15, -0.1) is 0 Å². The molecule has 3 heterocycles. The zero-order valence-electron chi connectivity index (χ0n) is 18.8. The Morgan fingerprint density at radius 3 is 2.48 bits per heavy atom. The second-order valence-corrected chi connectivity index (χ2v) is 8.16. The van der Waals surface area contributed by atoms with Crippen LogP contribution in [0.2, 0.25) is 0 Å². The van der Waals surface area contributed by atoms with E-state index in [4.69, 9.17) is 4.98 Å². The Hall–Kier alpha value is -3.56. The van der Waals surface area contributed by atoms with Crippen LogP contribution in [-0.4, -0.2) is 35.0 Å². The van der Waals surface area contributed by atoms with Gasteiger partial charge in [0.15, 0.2) is 5.82 Å². The molecule has 0 unspecified atom stereocenters. The van der Waals surface area contributed by atoms with Gasteiger partial charge in [0, 0.05) is 37.3 Å². The smallest absolute Gasteiger partial charge is 0.365 e. The van der Waals surface area contributed by atoms with Gasteiger partial charge in [-0.05, 0) is 32.4 Å². The van der Waals surface area contributed by atoms with Crippen LogP contribution in [0.5, 0.6) is 0 Å². The van der Waals surface area contributed by atoms with Crippen LogP contribution >= 0.6 is 0 Å². The van der Waals surface area contributed by atoms with Gasteiger partial charge in [-0.2, -0.15) is 18.2 Å². The van der Waals surface area contributed by atoms with Crippen molar-refractivity contribution >= 4 is 29.1 Å². The molecule has 0 radical (unpaired) electrons. The third kappa shape index (κ3) is 4.01. The van der Waals surface area contributed by atoms with E-state index in [1.807, 2.05) is 25.7 Å². The molecule has 10 heteroatoms. The second-order valence-electron chi connectivity index (χ2n) is 8.16. The van der Waals surface area contributed by atoms with Crippen LogP contribution in [0.25, 0.3) is 5.70 Å². The van der Waals surface area contributed by atoms with Crippen LogP contribution in [0, 0.1) is 0 Å². The molecule has 1 aromatic carbocycles. The summed E-state index contributed by atoms with van der Waals surface area (Å²) in [4.78, 5) is 27.4. The summed E-state index contributed by atoms with van der Waals surface area (Å²) in [6, 6.07) is 4.62. The zero-order valence-corrected chi connectivity index (χ0v) is 18.8. The Kier molecular flexibility index (Phi) is 5.77. The summed E-state index contributed by atoms with van der Waals surface area (Å²) in [5, 5.41) is 2.97. The fraction of sp³-hybridized carbons (Fsp3) is 0.348. The SMILES string of the molecule is CC[C@@H]1C(=O)N(C)c2cnc(N3C=CNC=C3c3ccc(C(F)(F)F)cc3)nc2N1C(C)C. The lowest BCUT2D eigenvalue weighted by Gasteiger charge is -2.42. The molecule has 2 aromatic rings. The molecule has 1 atom stereocenters. The molecule has 2 aliphatic rings. The molecule has 1 aromatic heterocycles. The fourth-order valence-electron chi connectivity index (χ4n) is 4.11. The molecule has 2 aliphatic heterocycles. The topological polar surface area (TPSA) is 64.6 Å². The van der Waals surface area contributed by atoms with Gasteiger partial charge in [-0.25, -0.2) is 4.98 Å². The molecular formula is C23H25F3N6O. The highest BCUT2D eigenvalue weighted by Crippen LogP contribution is 2.38. The Morgan fingerprint density at radius 2 is 1.88 bits per heavy atom. The summed E-state index contributed by atoms with van der Waals surface area (Å²) in [5.41, 5.74) is 1.06. The number of likely N-dealkylation sites (N-methyl/N-ethyl adjacent to an activating group) is 1. The third-order valence-corrected chi connectivity index (χ3v) is 5.76. The summed E-state index contributed by atoms with van der Waals surface area (Å²) in [5.74, 6) is 0.978. The number of halogens is 3. The van der Waals surface area contributed by atoms with Crippen LogP contribution in [0.3, 0.4) is 0 Å². The lowest BCUT2D eigenvalue weighted by molar-refractivity contribution is -0.137. The maximum atomic E-state index is 13.0. The molecule has 1 N–H and O–H groups in total. The van der Waals surface area contributed by atoms with Crippen LogP contribution in [0.4, 0.5) is 30.6 Å².